The number of aromatic nitrogens is 3. The number of nitrogens with one attached hydrogen (secondary N) is 2. The van der Waals surface area contributed by atoms with Gasteiger partial charge in [0, 0.05) is 13.0 Å². The minimum Gasteiger partial charge on any atom is -0.397 e. The predicted molar refractivity (Wildman–Crippen MR) is 64.1 cm³/mol. The molecule has 0 amide bonds. The summed E-state index contributed by atoms with van der Waals surface area (Å²) in [6.45, 7) is 2.36. The molecule has 0 radical (unpaired) electrons. The van der Waals surface area contributed by atoms with E-state index < -0.39 is 0 Å². The first-order valence-corrected chi connectivity index (χ1v) is 5.30. The molecule has 2 aromatic rings. The topological polar surface area (TPSA) is 79.6 Å². The number of nitrogens with two attached hydrogens (primary N) is 1. The smallest absolute Gasteiger partial charge is 0.137 e. The molecule has 0 aliphatic rings. The van der Waals surface area contributed by atoms with Crippen molar-refractivity contribution in [3.05, 3.63) is 35.7 Å². The highest BCUT2D eigenvalue weighted by atomic mass is 19.1. The van der Waals surface area contributed by atoms with Gasteiger partial charge in [-0.1, -0.05) is 0 Å². The van der Waals surface area contributed by atoms with Crippen molar-refractivity contribution < 1.29 is 4.39 Å². The van der Waals surface area contributed by atoms with Crippen LogP contribution in [0.2, 0.25) is 0 Å². The number of nitrogen functional groups attached to an aromatic ring is 1. The van der Waals surface area contributed by atoms with E-state index in [1.165, 1.54) is 12.4 Å². The summed E-state index contributed by atoms with van der Waals surface area (Å²) in [6.07, 6.45) is 2.17. The van der Waals surface area contributed by atoms with Crippen molar-refractivity contribution >= 4 is 11.4 Å². The average molecular weight is 235 g/mol. The van der Waals surface area contributed by atoms with Gasteiger partial charge in [0.2, 0.25) is 0 Å². The van der Waals surface area contributed by atoms with E-state index >= 15 is 0 Å². The van der Waals surface area contributed by atoms with Crippen LogP contribution < -0.4 is 11.1 Å². The molecule has 0 bridgehead atoms. The Bertz CT molecular complexity index is 495. The molecule has 0 saturated heterocycles. The van der Waals surface area contributed by atoms with Gasteiger partial charge in [-0.15, -0.1) is 0 Å². The lowest BCUT2D eigenvalue weighted by Gasteiger charge is -2.10. The lowest BCUT2D eigenvalue weighted by atomic mass is 10.2. The molecule has 0 spiro atoms. The fourth-order valence-electron chi connectivity index (χ4n) is 1.52. The third-order valence-corrected chi connectivity index (χ3v) is 2.47. The summed E-state index contributed by atoms with van der Waals surface area (Å²) >= 11 is 0. The molecule has 2 rings (SSSR count). The van der Waals surface area contributed by atoms with Gasteiger partial charge < -0.3 is 11.1 Å². The van der Waals surface area contributed by atoms with Gasteiger partial charge in [0.25, 0.3) is 0 Å². The Morgan fingerprint density at radius 2 is 2.29 bits per heavy atom. The van der Waals surface area contributed by atoms with Crippen molar-refractivity contribution in [1.82, 2.24) is 15.2 Å². The number of benzene rings is 1. The Balaban J connectivity index is 1.97. The summed E-state index contributed by atoms with van der Waals surface area (Å²) < 4.78 is 13.2. The highest BCUT2D eigenvalue weighted by molar-refractivity contribution is 5.67. The van der Waals surface area contributed by atoms with Crippen LogP contribution in [0.1, 0.15) is 11.4 Å². The first kappa shape index (κ1) is 11.4. The van der Waals surface area contributed by atoms with Crippen LogP contribution in [0.5, 0.6) is 0 Å². The Labute approximate surface area is 98.3 Å². The lowest BCUT2D eigenvalue weighted by Crippen LogP contribution is -2.08. The monoisotopic (exact) mass is 235 g/mol. The van der Waals surface area contributed by atoms with E-state index in [-0.39, 0.29) is 5.82 Å². The zero-order chi connectivity index (χ0) is 12.3. The van der Waals surface area contributed by atoms with Crippen LogP contribution in [0.3, 0.4) is 0 Å². The highest BCUT2D eigenvalue weighted by Crippen LogP contribution is 2.22. The minimum absolute atomic E-state index is 0.289. The average Bonchev–Trinajstić information content (AvgIpc) is 2.78. The largest absolute Gasteiger partial charge is 0.397 e. The van der Waals surface area contributed by atoms with E-state index in [0.717, 1.165) is 11.5 Å². The van der Waals surface area contributed by atoms with Gasteiger partial charge >= 0.3 is 0 Å². The molecular weight excluding hydrogens is 221 g/mol. The second-order valence-corrected chi connectivity index (χ2v) is 3.80. The van der Waals surface area contributed by atoms with Crippen LogP contribution >= 0.6 is 0 Å². The number of anilines is 2. The number of nitrogens with zero attached hydrogens (tertiary/aromatic N) is 2. The summed E-state index contributed by atoms with van der Waals surface area (Å²) in [5, 5.41) is 9.66. The minimum atomic E-state index is -0.289. The van der Waals surface area contributed by atoms with Crippen molar-refractivity contribution in [3.8, 4) is 0 Å². The van der Waals surface area contributed by atoms with E-state index in [2.05, 4.69) is 20.5 Å². The fraction of sp³-hybridized carbons (Fsp3) is 0.273. The molecule has 1 heterocycles. The van der Waals surface area contributed by atoms with Gasteiger partial charge in [0.05, 0.1) is 11.4 Å². The van der Waals surface area contributed by atoms with Crippen molar-refractivity contribution in [1.29, 1.82) is 0 Å². The van der Waals surface area contributed by atoms with E-state index in [4.69, 9.17) is 5.73 Å². The Kier molecular flexibility index (Phi) is 3.22. The molecule has 0 atom stereocenters. The summed E-state index contributed by atoms with van der Waals surface area (Å²) in [6, 6.07) is 3.02. The third kappa shape index (κ3) is 2.72. The number of hydrogen-bond donors (Lipinski definition) is 3. The third-order valence-electron chi connectivity index (χ3n) is 2.47. The summed E-state index contributed by atoms with van der Waals surface area (Å²) in [5.41, 5.74) is 7.43. The molecule has 0 saturated carbocycles. The van der Waals surface area contributed by atoms with E-state index in [1.54, 1.807) is 13.0 Å². The van der Waals surface area contributed by atoms with E-state index in [9.17, 15) is 4.39 Å². The van der Waals surface area contributed by atoms with Crippen LogP contribution in [0.4, 0.5) is 15.8 Å². The maximum absolute atomic E-state index is 13.2. The van der Waals surface area contributed by atoms with Gasteiger partial charge in [0.1, 0.15) is 18.0 Å². The molecule has 5 nitrogen and oxygen atoms in total. The number of halogens is 1. The summed E-state index contributed by atoms with van der Waals surface area (Å²) in [5.74, 6) is 0.512. The zero-order valence-electron chi connectivity index (χ0n) is 9.50. The SMILES string of the molecule is Cc1cc(NCCc2ncn[nH]2)c(N)cc1F. The van der Waals surface area contributed by atoms with Crippen molar-refractivity contribution in [2.24, 2.45) is 0 Å². The standard InChI is InChI=1S/C11H14FN5/c1-7-4-10(9(13)5-8(7)12)14-3-2-11-15-6-16-17-11/h4-6,14H,2-3,13H2,1H3,(H,15,16,17). The Hall–Kier alpha value is -2.11. The molecule has 1 aromatic carbocycles. The van der Waals surface area contributed by atoms with Crippen molar-refractivity contribution in [2.45, 2.75) is 13.3 Å². The zero-order valence-corrected chi connectivity index (χ0v) is 9.50. The second kappa shape index (κ2) is 4.82. The van der Waals surface area contributed by atoms with Crippen LogP contribution in [-0.4, -0.2) is 21.7 Å². The van der Waals surface area contributed by atoms with Gasteiger partial charge in [-0.05, 0) is 24.6 Å². The lowest BCUT2D eigenvalue weighted by molar-refractivity contribution is 0.619. The van der Waals surface area contributed by atoms with Crippen LogP contribution in [0, 0.1) is 12.7 Å². The Morgan fingerprint density at radius 3 is 3.00 bits per heavy atom. The number of hydrogen-bond acceptors (Lipinski definition) is 4. The van der Waals surface area contributed by atoms with Crippen molar-refractivity contribution in [2.75, 3.05) is 17.6 Å². The molecule has 0 aliphatic carbocycles. The van der Waals surface area contributed by atoms with Gasteiger partial charge in [-0.2, -0.15) is 5.10 Å². The van der Waals surface area contributed by atoms with E-state index in [1.807, 2.05) is 0 Å². The maximum atomic E-state index is 13.2. The molecule has 90 valence electrons. The molecule has 6 heteroatoms. The Morgan fingerprint density at radius 1 is 1.47 bits per heavy atom. The van der Waals surface area contributed by atoms with E-state index in [0.29, 0.717) is 24.2 Å². The fourth-order valence-corrected chi connectivity index (χ4v) is 1.52. The highest BCUT2D eigenvalue weighted by Gasteiger charge is 2.04. The first-order chi connectivity index (χ1) is 8.16. The molecule has 4 N–H and O–H groups in total. The number of aryl methyl sites for hydroxylation is 1. The van der Waals surface area contributed by atoms with Crippen molar-refractivity contribution in [3.63, 3.8) is 0 Å². The first-order valence-electron chi connectivity index (χ1n) is 5.30. The van der Waals surface area contributed by atoms with Crippen LogP contribution in [-0.2, 0) is 6.42 Å². The molecule has 17 heavy (non-hydrogen) atoms. The summed E-state index contributed by atoms with van der Waals surface area (Å²) in [7, 11) is 0. The molecule has 0 fully saturated rings. The number of H-pyrrole nitrogens is 1. The van der Waals surface area contributed by atoms with Crippen LogP contribution in [0.25, 0.3) is 0 Å². The van der Waals surface area contributed by atoms with Gasteiger partial charge in [-0.3, -0.25) is 5.10 Å². The molecule has 0 aliphatic heterocycles. The normalized spacial score (nSPS) is 10.5. The number of aromatic amines is 1. The van der Waals surface area contributed by atoms with Gasteiger partial charge in [0.15, 0.2) is 0 Å². The predicted octanol–water partition coefficient (Wildman–Crippen LogP) is 1.49. The molecular formula is C11H14FN5. The maximum Gasteiger partial charge on any atom is 0.137 e. The molecule has 1 aromatic heterocycles. The number of rotatable bonds is 4. The summed E-state index contributed by atoms with van der Waals surface area (Å²) in [4.78, 5) is 4.00. The second-order valence-electron chi connectivity index (χ2n) is 3.80. The van der Waals surface area contributed by atoms with Crippen LogP contribution in [0.15, 0.2) is 18.5 Å². The molecule has 0 unspecified atom stereocenters. The quantitative estimate of drug-likeness (QED) is 0.701. The van der Waals surface area contributed by atoms with Gasteiger partial charge in [-0.25, -0.2) is 9.37 Å².